The van der Waals surface area contributed by atoms with Gasteiger partial charge in [-0.05, 0) is 51.1 Å². The number of hydrogen-bond donors (Lipinski definition) is 0. The van der Waals surface area contributed by atoms with Crippen LogP contribution in [0.5, 0.6) is 0 Å². The third-order valence-electron chi connectivity index (χ3n) is 5.75. The number of ether oxygens (including phenoxy) is 1. The van der Waals surface area contributed by atoms with E-state index in [2.05, 4.69) is 51.6 Å². The first-order chi connectivity index (χ1) is 14.1. The normalized spacial score (nSPS) is 15.3. The van der Waals surface area contributed by atoms with Crippen molar-refractivity contribution in [3.63, 3.8) is 0 Å². The summed E-state index contributed by atoms with van der Waals surface area (Å²) >= 11 is 0. The highest BCUT2D eigenvalue weighted by atomic mass is 16.5. The molecule has 0 radical (unpaired) electrons. The molecule has 0 fully saturated rings. The Balaban J connectivity index is 1.77. The number of likely N-dealkylation sites (N-methyl/N-ethyl adjacent to an activating group) is 1. The van der Waals surface area contributed by atoms with Crippen molar-refractivity contribution in [1.29, 1.82) is 0 Å². The van der Waals surface area contributed by atoms with Crippen LogP contribution in [0.15, 0.2) is 36.8 Å². The zero-order chi connectivity index (χ0) is 20.4. The predicted molar refractivity (Wildman–Crippen MR) is 113 cm³/mol. The molecular formula is C23H28N4O2. The Labute approximate surface area is 171 Å². The van der Waals surface area contributed by atoms with E-state index in [9.17, 15) is 4.79 Å². The molecule has 2 aromatic heterocycles. The van der Waals surface area contributed by atoms with Gasteiger partial charge in [-0.3, -0.25) is 4.79 Å². The van der Waals surface area contributed by atoms with E-state index in [1.165, 1.54) is 27.7 Å². The molecule has 1 aromatic carbocycles. The Morgan fingerprint density at radius 3 is 2.93 bits per heavy atom. The molecule has 6 nitrogen and oxygen atoms in total. The molecule has 0 saturated carbocycles. The number of aryl methyl sites for hydroxylation is 1. The van der Waals surface area contributed by atoms with Crippen molar-refractivity contribution in [1.82, 2.24) is 19.4 Å². The first-order valence-corrected chi connectivity index (χ1v) is 10.3. The second-order valence-corrected chi connectivity index (χ2v) is 7.88. The summed E-state index contributed by atoms with van der Waals surface area (Å²) in [5, 5.41) is 1.34. The van der Waals surface area contributed by atoms with Gasteiger partial charge in [0.15, 0.2) is 0 Å². The highest BCUT2D eigenvalue weighted by Gasteiger charge is 2.26. The van der Waals surface area contributed by atoms with Crippen LogP contribution in [0.25, 0.3) is 10.9 Å². The summed E-state index contributed by atoms with van der Waals surface area (Å²) in [6, 6.07) is 8.57. The lowest BCUT2D eigenvalue weighted by atomic mass is 10.0. The second kappa shape index (κ2) is 8.33. The monoisotopic (exact) mass is 392 g/mol. The van der Waals surface area contributed by atoms with E-state index in [1.807, 2.05) is 13.0 Å². The molecule has 29 heavy (non-hydrogen) atoms. The fourth-order valence-electron chi connectivity index (χ4n) is 4.34. The molecule has 0 N–H and O–H groups in total. The number of benzene rings is 1. The smallest absolute Gasteiger partial charge is 0.306 e. The highest BCUT2D eigenvalue weighted by Crippen LogP contribution is 2.33. The van der Waals surface area contributed by atoms with Crippen molar-refractivity contribution < 1.29 is 9.53 Å². The maximum atomic E-state index is 12.3. The van der Waals surface area contributed by atoms with Crippen molar-refractivity contribution in [2.45, 2.75) is 45.7 Å². The zero-order valence-corrected chi connectivity index (χ0v) is 17.4. The van der Waals surface area contributed by atoms with Crippen LogP contribution in [0, 0.1) is 6.92 Å². The SMILES string of the molecule is CCOC(=O)CC(Cn1c2c(c3cc(C)ccc31)CCN(C)C2)c1ccncn1. The van der Waals surface area contributed by atoms with Crippen LogP contribution in [0.2, 0.25) is 0 Å². The molecule has 152 valence electrons. The molecule has 1 aliphatic rings. The van der Waals surface area contributed by atoms with E-state index >= 15 is 0 Å². The first kappa shape index (κ1) is 19.6. The molecule has 3 aromatic rings. The van der Waals surface area contributed by atoms with E-state index in [1.54, 1.807) is 12.5 Å². The van der Waals surface area contributed by atoms with E-state index < -0.39 is 0 Å². The topological polar surface area (TPSA) is 60.2 Å². The third kappa shape index (κ3) is 4.03. The van der Waals surface area contributed by atoms with Crippen LogP contribution in [-0.2, 0) is 29.0 Å². The molecule has 1 atom stereocenters. The van der Waals surface area contributed by atoms with E-state index in [-0.39, 0.29) is 11.9 Å². The van der Waals surface area contributed by atoms with Gasteiger partial charge in [0.05, 0.1) is 13.0 Å². The number of nitrogens with zero attached hydrogens (tertiary/aromatic N) is 4. The molecule has 4 rings (SSSR count). The van der Waals surface area contributed by atoms with Crippen molar-refractivity contribution in [2.24, 2.45) is 0 Å². The quantitative estimate of drug-likeness (QED) is 0.601. The van der Waals surface area contributed by atoms with E-state index in [0.29, 0.717) is 19.6 Å². The first-order valence-electron chi connectivity index (χ1n) is 10.3. The van der Waals surface area contributed by atoms with Gasteiger partial charge in [0, 0.05) is 54.0 Å². The Bertz CT molecular complexity index is 1010. The van der Waals surface area contributed by atoms with Crippen LogP contribution in [0.3, 0.4) is 0 Å². The Hall–Kier alpha value is -2.73. The minimum atomic E-state index is -0.186. The van der Waals surface area contributed by atoms with Crippen molar-refractivity contribution in [2.75, 3.05) is 20.2 Å². The van der Waals surface area contributed by atoms with Gasteiger partial charge in [-0.1, -0.05) is 11.6 Å². The maximum absolute atomic E-state index is 12.3. The summed E-state index contributed by atoms with van der Waals surface area (Å²) < 4.78 is 7.64. The van der Waals surface area contributed by atoms with Gasteiger partial charge in [0.1, 0.15) is 6.33 Å². The number of rotatable bonds is 6. The molecule has 1 aliphatic heterocycles. The van der Waals surface area contributed by atoms with Gasteiger partial charge >= 0.3 is 5.97 Å². The van der Waals surface area contributed by atoms with Gasteiger partial charge in [-0.25, -0.2) is 9.97 Å². The molecule has 0 amide bonds. The predicted octanol–water partition coefficient (Wildman–Crippen LogP) is 3.46. The molecule has 0 saturated heterocycles. The fourth-order valence-corrected chi connectivity index (χ4v) is 4.34. The maximum Gasteiger partial charge on any atom is 0.306 e. The minimum Gasteiger partial charge on any atom is -0.466 e. The van der Waals surface area contributed by atoms with Gasteiger partial charge in [-0.2, -0.15) is 0 Å². The number of carbonyl (C=O) groups is 1. The van der Waals surface area contributed by atoms with Gasteiger partial charge in [0.2, 0.25) is 0 Å². The number of aromatic nitrogens is 3. The van der Waals surface area contributed by atoms with Crippen molar-refractivity contribution >= 4 is 16.9 Å². The lowest BCUT2D eigenvalue weighted by Gasteiger charge is -2.26. The average molecular weight is 393 g/mol. The van der Waals surface area contributed by atoms with Crippen LogP contribution in [0.4, 0.5) is 0 Å². The number of hydrogen-bond acceptors (Lipinski definition) is 5. The molecule has 0 spiro atoms. The van der Waals surface area contributed by atoms with Crippen molar-refractivity contribution in [3.05, 3.63) is 59.3 Å². The summed E-state index contributed by atoms with van der Waals surface area (Å²) in [7, 11) is 2.16. The Morgan fingerprint density at radius 2 is 2.17 bits per heavy atom. The summed E-state index contributed by atoms with van der Waals surface area (Å²) in [5.74, 6) is -0.250. The Kier molecular flexibility index (Phi) is 5.62. The summed E-state index contributed by atoms with van der Waals surface area (Å²) in [5.41, 5.74) is 6.18. The highest BCUT2D eigenvalue weighted by molar-refractivity contribution is 5.86. The average Bonchev–Trinajstić information content (AvgIpc) is 3.00. The largest absolute Gasteiger partial charge is 0.466 e. The van der Waals surface area contributed by atoms with Gasteiger partial charge in [-0.15, -0.1) is 0 Å². The summed E-state index contributed by atoms with van der Waals surface area (Å²) in [6.45, 7) is 7.05. The molecule has 6 heteroatoms. The standard InChI is InChI=1S/C23H28N4O2/c1-4-29-23(28)12-17(20-7-9-24-15-25-20)13-27-21-6-5-16(2)11-19(21)18-8-10-26(3)14-22(18)27/h5-7,9,11,15,17H,4,8,10,12-14H2,1-3H3. The fraction of sp³-hybridized carbons (Fsp3) is 0.435. The molecule has 0 aliphatic carbocycles. The lowest BCUT2D eigenvalue weighted by Crippen LogP contribution is -2.28. The molecular weight excluding hydrogens is 364 g/mol. The summed E-state index contributed by atoms with van der Waals surface area (Å²) in [6.07, 6.45) is 4.64. The van der Waals surface area contributed by atoms with Crippen LogP contribution >= 0.6 is 0 Å². The number of fused-ring (bicyclic) bond motifs is 3. The van der Waals surface area contributed by atoms with Crippen LogP contribution in [-0.4, -0.2) is 45.6 Å². The third-order valence-corrected chi connectivity index (χ3v) is 5.75. The van der Waals surface area contributed by atoms with Gasteiger partial charge in [0.25, 0.3) is 0 Å². The minimum absolute atomic E-state index is 0.0646. The zero-order valence-electron chi connectivity index (χ0n) is 17.4. The van der Waals surface area contributed by atoms with Gasteiger partial charge < -0.3 is 14.2 Å². The molecule has 3 heterocycles. The number of carbonyl (C=O) groups excluding carboxylic acids is 1. The number of esters is 1. The second-order valence-electron chi connectivity index (χ2n) is 7.88. The summed E-state index contributed by atoms with van der Waals surface area (Å²) in [4.78, 5) is 23.2. The molecule has 1 unspecified atom stereocenters. The van der Waals surface area contributed by atoms with Crippen molar-refractivity contribution in [3.8, 4) is 0 Å². The molecule has 0 bridgehead atoms. The van der Waals surface area contributed by atoms with E-state index in [0.717, 1.165) is 25.2 Å². The van der Waals surface area contributed by atoms with E-state index in [4.69, 9.17) is 4.74 Å². The Morgan fingerprint density at radius 1 is 1.31 bits per heavy atom. The van der Waals surface area contributed by atoms with Crippen LogP contribution < -0.4 is 0 Å². The van der Waals surface area contributed by atoms with Crippen LogP contribution in [0.1, 0.15) is 41.8 Å². The lowest BCUT2D eigenvalue weighted by molar-refractivity contribution is -0.143.